The summed E-state index contributed by atoms with van der Waals surface area (Å²) in [5.41, 5.74) is 1.29. The summed E-state index contributed by atoms with van der Waals surface area (Å²) in [5, 5.41) is 1.08. The maximum absolute atomic E-state index is 11.6. The number of nitrogens with one attached hydrogen (secondary N) is 1. The summed E-state index contributed by atoms with van der Waals surface area (Å²) in [6.45, 7) is 3.14. The molecule has 0 aromatic rings. The van der Waals surface area contributed by atoms with Crippen molar-refractivity contribution in [2.45, 2.75) is 20.3 Å². The Morgan fingerprint density at radius 3 is 2.53 bits per heavy atom. The van der Waals surface area contributed by atoms with Gasteiger partial charge in [0.05, 0.1) is 19.2 Å². The molecule has 0 aromatic heterocycles. The molecule has 0 bridgehead atoms. The highest BCUT2D eigenvalue weighted by Crippen LogP contribution is 2.17. The van der Waals surface area contributed by atoms with Crippen LogP contribution in [-0.4, -0.2) is 39.3 Å². The van der Waals surface area contributed by atoms with Gasteiger partial charge in [0.1, 0.15) is 0 Å². The predicted molar refractivity (Wildman–Crippen MR) is 62.3 cm³/mol. The normalized spacial score (nSPS) is 18.5. The Morgan fingerprint density at radius 1 is 1.47 bits per heavy atom. The lowest BCUT2D eigenvalue weighted by atomic mass is 10.1. The fraction of sp³-hybridized carbons (Fsp3) is 0.556. The van der Waals surface area contributed by atoms with Crippen LogP contribution in [0, 0.1) is 0 Å². The first-order chi connectivity index (χ1) is 7.76. The number of amides is 1. The van der Waals surface area contributed by atoms with Gasteiger partial charge < -0.3 is 0 Å². The van der Waals surface area contributed by atoms with Crippen molar-refractivity contribution in [1.82, 2.24) is 9.79 Å². The van der Waals surface area contributed by atoms with Crippen molar-refractivity contribution in [2.75, 3.05) is 14.2 Å². The third-order valence-electron chi connectivity index (χ3n) is 2.38. The lowest BCUT2D eigenvalue weighted by Gasteiger charge is -2.19. The Labute approximate surface area is 100 Å². The molecule has 1 aliphatic heterocycles. The molecule has 0 fully saturated rings. The number of nitrogens with zero attached hydrogens (tertiary/aromatic N) is 2. The van der Waals surface area contributed by atoms with Gasteiger partial charge >= 0.3 is 10.2 Å². The summed E-state index contributed by atoms with van der Waals surface area (Å²) < 4.78 is 28.2. The first-order valence-corrected chi connectivity index (χ1v) is 6.31. The van der Waals surface area contributed by atoms with E-state index < -0.39 is 10.2 Å². The van der Waals surface area contributed by atoms with Crippen LogP contribution in [0.4, 0.5) is 0 Å². The second-order valence-corrected chi connectivity index (χ2v) is 4.94. The summed E-state index contributed by atoms with van der Waals surface area (Å²) in [6, 6.07) is 0. The van der Waals surface area contributed by atoms with Crippen LogP contribution in [0.15, 0.2) is 15.7 Å². The lowest BCUT2D eigenvalue weighted by Crippen LogP contribution is -2.31. The van der Waals surface area contributed by atoms with E-state index in [9.17, 15) is 13.2 Å². The average Bonchev–Trinajstić information content (AvgIpc) is 2.20. The van der Waals surface area contributed by atoms with Crippen LogP contribution >= 0.6 is 0 Å². The minimum Gasteiger partial charge on any atom is -0.275 e. The summed E-state index contributed by atoms with van der Waals surface area (Å²) in [6.07, 6.45) is 0.0357. The molecule has 1 rings (SSSR count). The monoisotopic (exact) mass is 261 g/mol. The second kappa shape index (κ2) is 4.84. The van der Waals surface area contributed by atoms with Crippen LogP contribution < -0.4 is 4.72 Å². The van der Waals surface area contributed by atoms with E-state index in [0.29, 0.717) is 17.0 Å². The van der Waals surface area contributed by atoms with Gasteiger partial charge in [0.2, 0.25) is 5.91 Å². The van der Waals surface area contributed by atoms with Gasteiger partial charge in [-0.05, 0) is 13.8 Å². The minimum atomic E-state index is -3.65. The van der Waals surface area contributed by atoms with E-state index in [4.69, 9.17) is 4.84 Å². The number of hydrogen-bond acceptors (Lipinski definition) is 4. The molecule has 7 nitrogen and oxygen atoms in total. The van der Waals surface area contributed by atoms with Gasteiger partial charge in [0.25, 0.3) is 0 Å². The van der Waals surface area contributed by atoms with Crippen molar-refractivity contribution in [2.24, 2.45) is 4.40 Å². The molecule has 0 aliphatic carbocycles. The van der Waals surface area contributed by atoms with Crippen LogP contribution in [0.2, 0.25) is 0 Å². The molecule has 0 saturated carbocycles. The molecule has 1 amide bonds. The molecular weight excluding hydrogens is 246 g/mol. The fourth-order valence-electron chi connectivity index (χ4n) is 1.41. The first kappa shape index (κ1) is 13.7. The number of hydroxylamine groups is 2. The van der Waals surface area contributed by atoms with Crippen molar-refractivity contribution >= 4 is 21.8 Å². The van der Waals surface area contributed by atoms with E-state index >= 15 is 0 Å². The Balaban J connectivity index is 2.93. The highest BCUT2D eigenvalue weighted by Gasteiger charge is 2.23. The van der Waals surface area contributed by atoms with Gasteiger partial charge in [-0.3, -0.25) is 14.4 Å². The van der Waals surface area contributed by atoms with Gasteiger partial charge in [-0.25, -0.2) is 5.06 Å². The quantitative estimate of drug-likeness (QED) is 0.723. The van der Waals surface area contributed by atoms with Crippen molar-refractivity contribution in [3.05, 3.63) is 11.3 Å². The SMILES string of the molecule is CON(C)C(=O)CC1=C(C)NS(=O)(=O)N=C1C. The summed E-state index contributed by atoms with van der Waals surface area (Å²) in [5.74, 6) is -0.280. The third-order valence-corrected chi connectivity index (χ3v) is 3.46. The zero-order valence-electron chi connectivity index (χ0n) is 10.1. The predicted octanol–water partition coefficient (Wildman–Crippen LogP) is -0.0208. The highest BCUT2D eigenvalue weighted by molar-refractivity contribution is 7.88. The van der Waals surface area contributed by atoms with Crippen molar-refractivity contribution in [1.29, 1.82) is 0 Å². The number of hydrogen-bond donors (Lipinski definition) is 1. The van der Waals surface area contributed by atoms with E-state index in [1.807, 2.05) is 0 Å². The maximum atomic E-state index is 11.6. The molecule has 17 heavy (non-hydrogen) atoms. The summed E-state index contributed by atoms with van der Waals surface area (Å²) >= 11 is 0. The van der Waals surface area contributed by atoms with E-state index in [2.05, 4.69) is 9.12 Å². The van der Waals surface area contributed by atoms with Crippen LogP contribution in [0.1, 0.15) is 20.3 Å². The molecule has 0 aromatic carbocycles. The van der Waals surface area contributed by atoms with Gasteiger partial charge in [-0.15, -0.1) is 4.40 Å². The Morgan fingerprint density at radius 2 is 2.06 bits per heavy atom. The first-order valence-electron chi connectivity index (χ1n) is 4.87. The highest BCUT2D eigenvalue weighted by atomic mass is 32.2. The molecule has 0 saturated heterocycles. The number of carbonyl (C=O) groups is 1. The van der Waals surface area contributed by atoms with Crippen LogP contribution in [0.25, 0.3) is 0 Å². The Hall–Kier alpha value is -1.41. The van der Waals surface area contributed by atoms with Crippen molar-refractivity contribution in [3.8, 4) is 0 Å². The molecule has 0 unspecified atom stereocenters. The van der Waals surface area contributed by atoms with Gasteiger partial charge in [0.15, 0.2) is 0 Å². The number of rotatable bonds is 3. The molecule has 8 heteroatoms. The molecule has 1 N–H and O–H groups in total. The maximum Gasteiger partial charge on any atom is 0.342 e. The van der Waals surface area contributed by atoms with Crippen molar-refractivity contribution < 1.29 is 18.0 Å². The van der Waals surface area contributed by atoms with E-state index in [0.717, 1.165) is 5.06 Å². The number of allylic oxidation sites excluding steroid dienone is 1. The Bertz CT molecular complexity index is 492. The van der Waals surface area contributed by atoms with Crippen LogP contribution in [0.3, 0.4) is 0 Å². The zero-order valence-corrected chi connectivity index (χ0v) is 11.0. The van der Waals surface area contributed by atoms with E-state index in [1.54, 1.807) is 13.8 Å². The summed E-state index contributed by atoms with van der Waals surface area (Å²) in [7, 11) is -0.789. The smallest absolute Gasteiger partial charge is 0.275 e. The van der Waals surface area contributed by atoms with E-state index in [1.165, 1.54) is 14.2 Å². The van der Waals surface area contributed by atoms with Gasteiger partial charge in [-0.2, -0.15) is 8.42 Å². The van der Waals surface area contributed by atoms with E-state index in [-0.39, 0.29) is 12.3 Å². The zero-order chi connectivity index (χ0) is 13.2. The van der Waals surface area contributed by atoms with Crippen LogP contribution in [0.5, 0.6) is 0 Å². The van der Waals surface area contributed by atoms with Gasteiger partial charge in [0, 0.05) is 18.3 Å². The van der Waals surface area contributed by atoms with Crippen molar-refractivity contribution in [3.63, 3.8) is 0 Å². The standard InChI is InChI=1S/C9H15N3O4S/c1-6-8(5-9(13)12(3)16-4)7(2)11-17(14,15)10-6/h10H,5H2,1-4H3. The molecule has 96 valence electrons. The third kappa shape index (κ3) is 3.27. The van der Waals surface area contributed by atoms with Gasteiger partial charge in [-0.1, -0.05) is 0 Å². The molecule has 0 spiro atoms. The fourth-order valence-corrected chi connectivity index (χ4v) is 2.44. The average molecular weight is 261 g/mol. The molecule has 1 aliphatic rings. The summed E-state index contributed by atoms with van der Waals surface area (Å²) in [4.78, 5) is 16.4. The number of carbonyl (C=O) groups excluding carboxylic acids is 1. The largest absolute Gasteiger partial charge is 0.342 e. The Kier molecular flexibility index (Phi) is 3.89. The molecule has 1 heterocycles. The topological polar surface area (TPSA) is 88.1 Å². The second-order valence-electron chi connectivity index (χ2n) is 3.61. The van der Waals surface area contributed by atoms with Crippen LogP contribution in [-0.2, 0) is 19.8 Å². The minimum absolute atomic E-state index is 0.0357. The lowest BCUT2D eigenvalue weighted by molar-refractivity contribution is -0.167. The molecular formula is C9H15N3O4S. The molecule has 0 radical (unpaired) electrons. The molecule has 0 atom stereocenters.